The van der Waals surface area contributed by atoms with Gasteiger partial charge in [-0.25, -0.2) is 4.98 Å². The lowest BCUT2D eigenvalue weighted by Crippen LogP contribution is -2.17. The van der Waals surface area contributed by atoms with Crippen LogP contribution in [0.25, 0.3) is 95.0 Å². The molecule has 4 heteroatoms. The summed E-state index contributed by atoms with van der Waals surface area (Å²) in [5.41, 5.74) is 20.0. The Kier molecular flexibility index (Phi) is 12.0. The molecule has 0 amide bonds. The zero-order valence-electron chi connectivity index (χ0n) is 42.8. The lowest BCUT2D eigenvalue weighted by molar-refractivity contribution is 0.446. The van der Waals surface area contributed by atoms with Gasteiger partial charge in [0, 0.05) is 28.5 Å². The number of phenols is 1. The van der Waals surface area contributed by atoms with Crippen LogP contribution in [-0.2, 0) is 16.2 Å². The van der Waals surface area contributed by atoms with Gasteiger partial charge in [0.1, 0.15) is 11.6 Å². The standard InChI is InChI=1S/C67H63N3O/c1-43-29-31-45(32-30-43)48-33-34-68-59(38-48)51-36-49(44-21-14-11-15-22-44)35-50(37-51)53-27-20-28-60-62(53)69-64(56-39-52(65(2,3)4)40-58(63(56)71)67(8,9)10)70(60)61-42-54(46-23-16-12-17-24-46)57(66(5,6)7)41-55(61)47-25-18-13-19-26-47/h11-42,71H,1-10H3. The van der Waals surface area contributed by atoms with Crippen molar-refractivity contribution in [2.24, 2.45) is 0 Å². The molecule has 0 unspecified atom stereocenters. The number of rotatable bonds is 8. The normalized spacial score (nSPS) is 12.1. The van der Waals surface area contributed by atoms with Crippen LogP contribution >= 0.6 is 0 Å². The maximum atomic E-state index is 12.8. The SMILES string of the molecule is Cc1ccc(-c2ccnc(-c3cc(-c4ccccc4)cc(-c4cccc5c4nc(-c4cc(C(C)(C)C)cc(C(C)(C)C)c4O)n5-c4cc(-c5ccccc5)c(C(C)(C)C)cc4-c4ccccc4)c3)c2)cc1. The number of aromatic hydroxyl groups is 1. The first kappa shape index (κ1) is 46.9. The second-order valence-corrected chi connectivity index (χ2v) is 22.2. The highest BCUT2D eigenvalue weighted by Gasteiger charge is 2.31. The predicted octanol–water partition coefficient (Wildman–Crippen LogP) is 18.0. The second-order valence-electron chi connectivity index (χ2n) is 22.2. The van der Waals surface area contributed by atoms with Crippen molar-refractivity contribution in [1.82, 2.24) is 14.5 Å². The molecule has 4 nitrogen and oxygen atoms in total. The van der Waals surface area contributed by atoms with Crippen molar-refractivity contribution in [2.75, 3.05) is 0 Å². The van der Waals surface area contributed by atoms with Gasteiger partial charge >= 0.3 is 0 Å². The molecule has 352 valence electrons. The molecule has 2 heterocycles. The van der Waals surface area contributed by atoms with Crippen LogP contribution in [0.2, 0.25) is 0 Å². The van der Waals surface area contributed by atoms with Crippen LogP contribution < -0.4 is 0 Å². The van der Waals surface area contributed by atoms with Gasteiger partial charge in [0.2, 0.25) is 0 Å². The first-order valence-corrected chi connectivity index (χ1v) is 24.9. The Hall–Kier alpha value is -7.82. The fourth-order valence-electron chi connectivity index (χ4n) is 9.91. The quantitative estimate of drug-likeness (QED) is 0.165. The summed E-state index contributed by atoms with van der Waals surface area (Å²) in [7, 11) is 0. The minimum Gasteiger partial charge on any atom is -0.507 e. The number of para-hydroxylation sites is 1. The molecule has 10 rings (SSSR count). The maximum Gasteiger partial charge on any atom is 0.149 e. The minimum absolute atomic E-state index is 0.183. The molecule has 0 saturated carbocycles. The van der Waals surface area contributed by atoms with Crippen LogP contribution in [-0.4, -0.2) is 19.6 Å². The van der Waals surface area contributed by atoms with Gasteiger partial charge in [0.25, 0.3) is 0 Å². The molecule has 0 fully saturated rings. The van der Waals surface area contributed by atoms with Crippen LogP contribution in [0.3, 0.4) is 0 Å². The summed E-state index contributed by atoms with van der Waals surface area (Å²) in [6, 6.07) is 67.4. The molecule has 71 heavy (non-hydrogen) atoms. The highest BCUT2D eigenvalue weighted by Crippen LogP contribution is 2.48. The van der Waals surface area contributed by atoms with E-state index < -0.39 is 0 Å². The smallest absolute Gasteiger partial charge is 0.149 e. The highest BCUT2D eigenvalue weighted by atomic mass is 16.3. The van der Waals surface area contributed by atoms with Crippen LogP contribution in [0.4, 0.5) is 0 Å². The van der Waals surface area contributed by atoms with E-state index in [0.29, 0.717) is 11.4 Å². The van der Waals surface area contributed by atoms with Gasteiger partial charge in [-0.1, -0.05) is 201 Å². The number of benzene rings is 8. The monoisotopic (exact) mass is 925 g/mol. The molecule has 10 aromatic rings. The lowest BCUT2D eigenvalue weighted by Gasteiger charge is -2.28. The Morgan fingerprint density at radius 1 is 0.408 bits per heavy atom. The first-order valence-electron chi connectivity index (χ1n) is 24.9. The molecule has 0 aliphatic carbocycles. The van der Waals surface area contributed by atoms with E-state index in [0.717, 1.165) is 94.7 Å². The molecule has 0 spiro atoms. The van der Waals surface area contributed by atoms with Crippen LogP contribution in [0.15, 0.2) is 194 Å². The van der Waals surface area contributed by atoms with E-state index in [-0.39, 0.29) is 22.0 Å². The van der Waals surface area contributed by atoms with Gasteiger partial charge in [-0.05, 0) is 133 Å². The average molecular weight is 926 g/mol. The van der Waals surface area contributed by atoms with Crippen LogP contribution in [0, 0.1) is 6.92 Å². The molecular weight excluding hydrogens is 863 g/mol. The molecule has 8 aromatic carbocycles. The molecular formula is C67H63N3O. The minimum atomic E-state index is -0.356. The van der Waals surface area contributed by atoms with E-state index >= 15 is 0 Å². The zero-order chi connectivity index (χ0) is 49.8. The van der Waals surface area contributed by atoms with E-state index in [2.05, 4.69) is 262 Å². The number of nitrogens with zero attached hydrogens (tertiary/aromatic N) is 3. The Bertz CT molecular complexity index is 3570. The number of hydrogen-bond donors (Lipinski definition) is 1. The van der Waals surface area contributed by atoms with Crippen molar-refractivity contribution in [3.8, 4) is 89.7 Å². The Morgan fingerprint density at radius 3 is 1.61 bits per heavy atom. The van der Waals surface area contributed by atoms with E-state index in [1.54, 1.807) is 0 Å². The maximum absolute atomic E-state index is 12.8. The van der Waals surface area contributed by atoms with Crippen LogP contribution in [0.1, 0.15) is 84.6 Å². The Morgan fingerprint density at radius 2 is 0.986 bits per heavy atom. The van der Waals surface area contributed by atoms with Gasteiger partial charge in [0.05, 0.1) is 28.0 Å². The van der Waals surface area contributed by atoms with E-state index in [9.17, 15) is 5.11 Å². The summed E-state index contributed by atoms with van der Waals surface area (Å²) in [5, 5.41) is 12.8. The summed E-state index contributed by atoms with van der Waals surface area (Å²) in [6.45, 7) is 22.2. The number of phenolic OH excluding ortho intramolecular Hbond substituents is 1. The first-order chi connectivity index (χ1) is 33.9. The van der Waals surface area contributed by atoms with Gasteiger partial charge in [-0.2, -0.15) is 0 Å². The lowest BCUT2D eigenvalue weighted by atomic mass is 9.78. The van der Waals surface area contributed by atoms with E-state index in [1.807, 2.05) is 6.20 Å². The summed E-state index contributed by atoms with van der Waals surface area (Å²) in [6.07, 6.45) is 1.91. The zero-order valence-corrected chi connectivity index (χ0v) is 42.8. The molecule has 2 aromatic heterocycles. The summed E-state index contributed by atoms with van der Waals surface area (Å²) in [4.78, 5) is 10.8. The van der Waals surface area contributed by atoms with Crippen LogP contribution in [0.5, 0.6) is 5.75 Å². The van der Waals surface area contributed by atoms with Gasteiger partial charge in [0.15, 0.2) is 0 Å². The molecule has 0 saturated heterocycles. The molecule has 0 radical (unpaired) electrons. The number of imidazole rings is 1. The van der Waals surface area contributed by atoms with Gasteiger partial charge < -0.3 is 5.11 Å². The number of fused-ring (bicyclic) bond motifs is 1. The fourth-order valence-corrected chi connectivity index (χ4v) is 9.91. The predicted molar refractivity (Wildman–Crippen MR) is 299 cm³/mol. The second kappa shape index (κ2) is 18.2. The van der Waals surface area contributed by atoms with Crippen molar-refractivity contribution < 1.29 is 5.11 Å². The third-order valence-electron chi connectivity index (χ3n) is 13.9. The molecule has 0 bridgehead atoms. The van der Waals surface area contributed by atoms with Gasteiger partial charge in [-0.3, -0.25) is 9.55 Å². The van der Waals surface area contributed by atoms with Crippen molar-refractivity contribution in [2.45, 2.75) is 85.5 Å². The third-order valence-corrected chi connectivity index (χ3v) is 13.9. The third kappa shape index (κ3) is 9.23. The van der Waals surface area contributed by atoms with Gasteiger partial charge in [-0.15, -0.1) is 0 Å². The summed E-state index contributed by atoms with van der Waals surface area (Å²) < 4.78 is 2.32. The number of hydrogen-bond acceptors (Lipinski definition) is 3. The summed E-state index contributed by atoms with van der Waals surface area (Å²) in [5.74, 6) is 0.917. The van der Waals surface area contributed by atoms with Crippen molar-refractivity contribution in [3.63, 3.8) is 0 Å². The molecule has 0 atom stereocenters. The Labute approximate surface area is 420 Å². The van der Waals surface area contributed by atoms with E-state index in [4.69, 9.17) is 9.97 Å². The molecule has 0 aliphatic rings. The topological polar surface area (TPSA) is 50.9 Å². The fraction of sp³-hybridized carbons (Fsp3) is 0.194. The number of aromatic nitrogens is 3. The average Bonchev–Trinajstić information content (AvgIpc) is 3.75. The van der Waals surface area contributed by atoms with Crippen molar-refractivity contribution >= 4 is 11.0 Å². The highest BCUT2D eigenvalue weighted by molar-refractivity contribution is 5.99. The summed E-state index contributed by atoms with van der Waals surface area (Å²) >= 11 is 0. The molecule has 1 N–H and O–H groups in total. The largest absolute Gasteiger partial charge is 0.507 e. The number of aryl methyl sites for hydroxylation is 1. The van der Waals surface area contributed by atoms with E-state index in [1.165, 1.54) is 11.1 Å². The van der Waals surface area contributed by atoms with Crippen molar-refractivity contribution in [3.05, 3.63) is 217 Å². The molecule has 0 aliphatic heterocycles. The Balaban J connectivity index is 1.32. The number of pyridine rings is 1. The van der Waals surface area contributed by atoms with Crippen molar-refractivity contribution in [1.29, 1.82) is 0 Å².